The largest absolute Gasteiger partial charge is 0.478 e. The van der Waals surface area contributed by atoms with Crippen LogP contribution in [0.3, 0.4) is 0 Å². The van der Waals surface area contributed by atoms with E-state index in [0.29, 0.717) is 0 Å². The molecule has 0 aliphatic rings. The second-order valence-electron chi connectivity index (χ2n) is 1.71. The van der Waals surface area contributed by atoms with Gasteiger partial charge in [-0.2, -0.15) is 0 Å². The standard InChI is InChI=1S/C7H6BrClO/c8-6-2-1-3-7(4-6)10-5-9/h1-4H,5H2. The highest BCUT2D eigenvalue weighted by molar-refractivity contribution is 9.10. The summed E-state index contributed by atoms with van der Waals surface area (Å²) >= 11 is 8.66. The van der Waals surface area contributed by atoms with Gasteiger partial charge in [-0.25, -0.2) is 0 Å². The van der Waals surface area contributed by atoms with E-state index in [1.54, 1.807) is 0 Å². The van der Waals surface area contributed by atoms with Crippen molar-refractivity contribution < 1.29 is 4.74 Å². The third kappa shape index (κ3) is 2.20. The summed E-state index contributed by atoms with van der Waals surface area (Å²) in [5, 5.41) is 0. The number of halogens is 2. The summed E-state index contributed by atoms with van der Waals surface area (Å²) in [6, 6.07) is 7.74. The molecule has 0 N–H and O–H groups in total. The maximum Gasteiger partial charge on any atom is 0.162 e. The molecule has 54 valence electrons. The Balaban J connectivity index is 2.75. The molecule has 0 radical (unpaired) electrons. The fourth-order valence-corrected chi connectivity index (χ4v) is 1.12. The van der Waals surface area contributed by atoms with Crippen molar-refractivity contribution in [2.75, 3.05) is 6.07 Å². The minimum atomic E-state index is 0.191. The summed E-state index contributed by atoms with van der Waals surface area (Å²) < 4.78 is 6.02. The molecule has 10 heavy (non-hydrogen) atoms. The molecule has 0 bridgehead atoms. The summed E-state index contributed by atoms with van der Waals surface area (Å²) in [7, 11) is 0. The number of ether oxygens (including phenoxy) is 1. The molecular formula is C7H6BrClO. The summed E-state index contributed by atoms with van der Waals surface area (Å²) in [5.41, 5.74) is 0. The SMILES string of the molecule is ClCOc1cccc(Br)c1. The van der Waals surface area contributed by atoms with Gasteiger partial charge in [0.05, 0.1) is 0 Å². The molecule has 0 saturated carbocycles. The Bertz CT molecular complexity index is 215. The lowest BCUT2D eigenvalue weighted by atomic mass is 10.3. The molecule has 0 aliphatic heterocycles. The van der Waals surface area contributed by atoms with Gasteiger partial charge in [0.1, 0.15) is 5.75 Å². The van der Waals surface area contributed by atoms with Crippen molar-refractivity contribution in [3.8, 4) is 5.75 Å². The van der Waals surface area contributed by atoms with Crippen molar-refractivity contribution in [3.63, 3.8) is 0 Å². The Hall–Kier alpha value is -0.210. The summed E-state index contributed by atoms with van der Waals surface area (Å²) in [4.78, 5) is 0. The van der Waals surface area contributed by atoms with Crippen LogP contribution in [0.15, 0.2) is 28.7 Å². The van der Waals surface area contributed by atoms with Gasteiger partial charge in [-0.15, -0.1) is 0 Å². The quantitative estimate of drug-likeness (QED) is 0.698. The number of hydrogen-bond acceptors (Lipinski definition) is 1. The van der Waals surface area contributed by atoms with Gasteiger partial charge in [-0.1, -0.05) is 33.6 Å². The number of alkyl halides is 1. The Morgan fingerprint density at radius 3 is 2.90 bits per heavy atom. The monoisotopic (exact) mass is 220 g/mol. The van der Waals surface area contributed by atoms with Crippen LogP contribution in [0.5, 0.6) is 5.75 Å². The normalized spacial score (nSPS) is 9.40. The molecule has 1 rings (SSSR count). The summed E-state index contributed by atoms with van der Waals surface area (Å²) in [5.74, 6) is 0.782. The van der Waals surface area contributed by atoms with E-state index < -0.39 is 0 Å². The first kappa shape index (κ1) is 7.89. The minimum Gasteiger partial charge on any atom is -0.478 e. The van der Waals surface area contributed by atoms with Gasteiger partial charge in [-0.3, -0.25) is 0 Å². The molecular weight excluding hydrogens is 215 g/mol. The molecule has 0 aromatic heterocycles. The average molecular weight is 221 g/mol. The van der Waals surface area contributed by atoms with Crippen molar-refractivity contribution in [1.29, 1.82) is 0 Å². The predicted octanol–water partition coefficient (Wildman–Crippen LogP) is 3.02. The van der Waals surface area contributed by atoms with E-state index in [1.165, 1.54) is 0 Å². The smallest absolute Gasteiger partial charge is 0.162 e. The zero-order valence-electron chi connectivity index (χ0n) is 5.18. The van der Waals surface area contributed by atoms with E-state index in [9.17, 15) is 0 Å². The Morgan fingerprint density at radius 2 is 2.30 bits per heavy atom. The van der Waals surface area contributed by atoms with Crippen LogP contribution >= 0.6 is 27.5 Å². The molecule has 1 aromatic rings. The molecule has 0 spiro atoms. The van der Waals surface area contributed by atoms with Gasteiger partial charge in [0.2, 0.25) is 0 Å². The highest BCUT2D eigenvalue weighted by atomic mass is 79.9. The predicted molar refractivity (Wildman–Crippen MR) is 45.5 cm³/mol. The summed E-state index contributed by atoms with van der Waals surface area (Å²) in [6.45, 7) is 0. The van der Waals surface area contributed by atoms with E-state index in [4.69, 9.17) is 16.3 Å². The van der Waals surface area contributed by atoms with Crippen molar-refractivity contribution in [1.82, 2.24) is 0 Å². The molecule has 1 nitrogen and oxygen atoms in total. The molecule has 0 unspecified atom stereocenters. The van der Waals surface area contributed by atoms with Crippen LogP contribution in [0, 0.1) is 0 Å². The minimum absolute atomic E-state index is 0.191. The molecule has 0 aliphatic carbocycles. The first-order valence-corrected chi connectivity index (χ1v) is 4.10. The lowest BCUT2D eigenvalue weighted by Crippen LogP contribution is -1.87. The van der Waals surface area contributed by atoms with E-state index in [1.807, 2.05) is 24.3 Å². The Kier molecular flexibility index (Phi) is 3.03. The van der Waals surface area contributed by atoms with Crippen LogP contribution in [0.2, 0.25) is 0 Å². The zero-order chi connectivity index (χ0) is 7.40. The maximum absolute atomic E-state index is 5.35. The van der Waals surface area contributed by atoms with E-state index in [0.717, 1.165) is 10.2 Å². The average Bonchev–Trinajstić information content (AvgIpc) is 1.88. The van der Waals surface area contributed by atoms with E-state index >= 15 is 0 Å². The molecule has 3 heteroatoms. The van der Waals surface area contributed by atoms with E-state index in [2.05, 4.69) is 15.9 Å². The van der Waals surface area contributed by atoms with Crippen LogP contribution < -0.4 is 4.74 Å². The number of rotatable bonds is 2. The Morgan fingerprint density at radius 1 is 1.50 bits per heavy atom. The summed E-state index contributed by atoms with van der Waals surface area (Å²) in [6.07, 6.45) is 0. The van der Waals surface area contributed by atoms with Crippen LogP contribution in [-0.4, -0.2) is 6.07 Å². The van der Waals surface area contributed by atoms with Gasteiger partial charge in [0.25, 0.3) is 0 Å². The third-order valence-corrected chi connectivity index (χ3v) is 1.62. The third-order valence-electron chi connectivity index (χ3n) is 1.02. The van der Waals surface area contributed by atoms with Crippen molar-refractivity contribution in [2.45, 2.75) is 0 Å². The molecule has 0 heterocycles. The zero-order valence-corrected chi connectivity index (χ0v) is 7.52. The number of benzene rings is 1. The lowest BCUT2D eigenvalue weighted by molar-refractivity contribution is 0.388. The van der Waals surface area contributed by atoms with Crippen molar-refractivity contribution in [2.24, 2.45) is 0 Å². The molecule has 1 aromatic carbocycles. The lowest BCUT2D eigenvalue weighted by Gasteiger charge is -1.99. The van der Waals surface area contributed by atoms with Gasteiger partial charge in [0.15, 0.2) is 6.07 Å². The fraction of sp³-hybridized carbons (Fsp3) is 0.143. The van der Waals surface area contributed by atoms with Crippen molar-refractivity contribution >= 4 is 27.5 Å². The topological polar surface area (TPSA) is 9.23 Å². The van der Waals surface area contributed by atoms with E-state index in [-0.39, 0.29) is 6.07 Å². The first-order valence-electron chi connectivity index (χ1n) is 2.77. The van der Waals surface area contributed by atoms with Gasteiger partial charge >= 0.3 is 0 Å². The van der Waals surface area contributed by atoms with Crippen molar-refractivity contribution in [3.05, 3.63) is 28.7 Å². The van der Waals surface area contributed by atoms with Crippen LogP contribution in [-0.2, 0) is 0 Å². The molecule has 0 amide bonds. The highest BCUT2D eigenvalue weighted by Crippen LogP contribution is 2.17. The molecule has 0 fully saturated rings. The molecule has 0 saturated heterocycles. The highest BCUT2D eigenvalue weighted by Gasteiger charge is 1.90. The first-order chi connectivity index (χ1) is 4.83. The van der Waals surface area contributed by atoms with Gasteiger partial charge in [0, 0.05) is 4.47 Å². The maximum atomic E-state index is 5.35. The fourth-order valence-electron chi connectivity index (χ4n) is 0.620. The van der Waals surface area contributed by atoms with Crippen LogP contribution in [0.4, 0.5) is 0 Å². The van der Waals surface area contributed by atoms with Crippen LogP contribution in [0.25, 0.3) is 0 Å². The Labute approximate surface area is 73.1 Å². The van der Waals surface area contributed by atoms with Gasteiger partial charge in [-0.05, 0) is 18.2 Å². The van der Waals surface area contributed by atoms with Gasteiger partial charge < -0.3 is 4.74 Å². The molecule has 0 atom stereocenters. The van der Waals surface area contributed by atoms with Crippen LogP contribution in [0.1, 0.15) is 0 Å². The second kappa shape index (κ2) is 3.84. The second-order valence-corrected chi connectivity index (χ2v) is 2.84. The number of hydrogen-bond donors (Lipinski definition) is 0.